The van der Waals surface area contributed by atoms with Gasteiger partial charge in [0, 0.05) is 24.3 Å². The van der Waals surface area contributed by atoms with Crippen molar-refractivity contribution < 1.29 is 4.79 Å². The summed E-state index contributed by atoms with van der Waals surface area (Å²) in [6.07, 6.45) is 1.25. The molecule has 1 fully saturated rings. The van der Waals surface area contributed by atoms with Gasteiger partial charge in [-0.2, -0.15) is 11.3 Å². The highest BCUT2D eigenvalue weighted by atomic mass is 32.1. The van der Waals surface area contributed by atoms with Crippen molar-refractivity contribution in [2.24, 2.45) is 0 Å². The molecular weight excluding hydrogens is 324 g/mol. The number of nitrogens with zero attached hydrogens (tertiary/aromatic N) is 1. The Labute approximate surface area is 143 Å². The average Bonchev–Trinajstić information content (AvgIpc) is 3.17. The predicted octanol–water partition coefficient (Wildman–Crippen LogP) is 4.14. The highest BCUT2D eigenvalue weighted by molar-refractivity contribution is 7.20. The van der Waals surface area contributed by atoms with Crippen LogP contribution in [0.2, 0.25) is 0 Å². The van der Waals surface area contributed by atoms with E-state index in [1.165, 1.54) is 12.0 Å². The van der Waals surface area contributed by atoms with Gasteiger partial charge in [-0.3, -0.25) is 9.69 Å². The molecule has 5 heteroatoms. The summed E-state index contributed by atoms with van der Waals surface area (Å²) in [5.74, 6) is 0.0342. The van der Waals surface area contributed by atoms with E-state index in [4.69, 9.17) is 0 Å². The van der Waals surface area contributed by atoms with Crippen LogP contribution in [0.15, 0.2) is 47.2 Å². The number of nitrogens with one attached hydrogen (secondary N) is 1. The van der Waals surface area contributed by atoms with Gasteiger partial charge in [-0.1, -0.05) is 18.2 Å². The molecule has 0 spiro atoms. The second-order valence-corrected chi connectivity index (χ2v) is 7.68. The van der Waals surface area contributed by atoms with Crippen molar-refractivity contribution in [2.75, 3.05) is 19.6 Å². The Hall–Kier alpha value is -1.69. The fourth-order valence-corrected chi connectivity index (χ4v) is 4.63. The lowest BCUT2D eigenvalue weighted by atomic mass is 10.0. The summed E-state index contributed by atoms with van der Waals surface area (Å²) in [5, 5.41) is 8.57. The summed E-state index contributed by atoms with van der Waals surface area (Å²) in [5.41, 5.74) is 1.31. The van der Waals surface area contributed by atoms with Crippen LogP contribution in [0.25, 0.3) is 10.1 Å². The third-order valence-electron chi connectivity index (χ3n) is 4.36. The molecule has 1 unspecified atom stereocenters. The molecule has 118 valence electrons. The van der Waals surface area contributed by atoms with Crippen LogP contribution in [0.1, 0.15) is 27.7 Å². The number of hydrogen-bond acceptors (Lipinski definition) is 4. The lowest BCUT2D eigenvalue weighted by Crippen LogP contribution is -2.44. The SMILES string of the molecule is O=C(NCC(c1ccsc1)N1CCC1)c1cc2ccccc2s1. The molecule has 1 aliphatic rings. The molecule has 0 bridgehead atoms. The smallest absolute Gasteiger partial charge is 0.261 e. The lowest BCUT2D eigenvalue weighted by molar-refractivity contribution is 0.0889. The highest BCUT2D eigenvalue weighted by Gasteiger charge is 2.26. The number of fused-ring (bicyclic) bond motifs is 1. The number of thiophene rings is 2. The maximum absolute atomic E-state index is 12.5. The summed E-state index contributed by atoms with van der Waals surface area (Å²) in [6.45, 7) is 2.92. The largest absolute Gasteiger partial charge is 0.349 e. The molecule has 0 aliphatic carbocycles. The summed E-state index contributed by atoms with van der Waals surface area (Å²) < 4.78 is 1.16. The molecule has 1 aromatic carbocycles. The molecule has 3 heterocycles. The van der Waals surface area contributed by atoms with Gasteiger partial charge in [0.1, 0.15) is 0 Å². The number of likely N-dealkylation sites (tertiary alicyclic amines) is 1. The monoisotopic (exact) mass is 342 g/mol. The van der Waals surface area contributed by atoms with Crippen molar-refractivity contribution in [2.45, 2.75) is 12.5 Å². The van der Waals surface area contributed by atoms with Gasteiger partial charge in [-0.15, -0.1) is 11.3 Å². The molecule has 23 heavy (non-hydrogen) atoms. The Kier molecular flexibility index (Phi) is 4.16. The maximum atomic E-state index is 12.5. The first-order valence-corrected chi connectivity index (χ1v) is 9.60. The van der Waals surface area contributed by atoms with E-state index < -0.39 is 0 Å². The number of carbonyl (C=O) groups is 1. The van der Waals surface area contributed by atoms with E-state index in [9.17, 15) is 4.79 Å². The van der Waals surface area contributed by atoms with Gasteiger partial charge in [-0.25, -0.2) is 0 Å². The van der Waals surface area contributed by atoms with Crippen molar-refractivity contribution >= 4 is 38.7 Å². The standard InChI is InChI=1S/C18H18N2OS2/c21-18(17-10-13-4-1-2-5-16(13)23-17)19-11-15(20-7-3-8-20)14-6-9-22-12-14/h1-2,4-6,9-10,12,15H,3,7-8,11H2,(H,19,21). The molecule has 4 rings (SSSR count). The van der Waals surface area contributed by atoms with E-state index in [2.05, 4.69) is 39.2 Å². The first-order chi connectivity index (χ1) is 11.3. The second-order valence-electron chi connectivity index (χ2n) is 5.82. The van der Waals surface area contributed by atoms with Crippen LogP contribution in [0.4, 0.5) is 0 Å². The number of amides is 1. The second kappa shape index (κ2) is 6.43. The van der Waals surface area contributed by atoms with Crippen molar-refractivity contribution in [1.82, 2.24) is 10.2 Å². The van der Waals surface area contributed by atoms with Crippen LogP contribution < -0.4 is 5.32 Å². The Morgan fingerprint density at radius 3 is 2.83 bits per heavy atom. The van der Waals surface area contributed by atoms with E-state index >= 15 is 0 Å². The summed E-state index contributed by atoms with van der Waals surface area (Å²) in [7, 11) is 0. The zero-order valence-electron chi connectivity index (χ0n) is 12.7. The van der Waals surface area contributed by atoms with Gasteiger partial charge in [0.05, 0.1) is 10.9 Å². The van der Waals surface area contributed by atoms with Gasteiger partial charge >= 0.3 is 0 Å². The van der Waals surface area contributed by atoms with Crippen LogP contribution >= 0.6 is 22.7 Å². The maximum Gasteiger partial charge on any atom is 0.261 e. The Balaban J connectivity index is 1.47. The van der Waals surface area contributed by atoms with E-state index in [0.717, 1.165) is 28.1 Å². The molecule has 3 nitrogen and oxygen atoms in total. The zero-order chi connectivity index (χ0) is 15.6. The molecule has 1 atom stereocenters. The minimum Gasteiger partial charge on any atom is -0.349 e. The molecule has 0 saturated carbocycles. The van der Waals surface area contributed by atoms with E-state index in [0.29, 0.717) is 12.6 Å². The van der Waals surface area contributed by atoms with Gasteiger partial charge in [-0.05, 0) is 46.3 Å². The Bertz CT molecular complexity index is 772. The van der Waals surface area contributed by atoms with Crippen molar-refractivity contribution in [3.8, 4) is 0 Å². The van der Waals surface area contributed by atoms with E-state index in [1.807, 2.05) is 18.2 Å². The first-order valence-electron chi connectivity index (χ1n) is 7.84. The molecule has 1 N–H and O–H groups in total. The third-order valence-corrected chi connectivity index (χ3v) is 6.18. The van der Waals surface area contributed by atoms with Gasteiger partial charge in [0.25, 0.3) is 5.91 Å². The fourth-order valence-electron chi connectivity index (χ4n) is 2.94. The van der Waals surface area contributed by atoms with Crippen LogP contribution in [-0.2, 0) is 0 Å². The molecule has 0 radical (unpaired) electrons. The van der Waals surface area contributed by atoms with Gasteiger partial charge in [0.2, 0.25) is 0 Å². The summed E-state index contributed by atoms with van der Waals surface area (Å²) in [6, 6.07) is 12.6. The lowest BCUT2D eigenvalue weighted by Gasteiger charge is -2.38. The van der Waals surface area contributed by atoms with E-state index in [1.54, 1.807) is 22.7 Å². The first kappa shape index (κ1) is 14.9. The quantitative estimate of drug-likeness (QED) is 0.756. The van der Waals surface area contributed by atoms with Crippen LogP contribution in [0.5, 0.6) is 0 Å². The highest BCUT2D eigenvalue weighted by Crippen LogP contribution is 2.28. The molecule has 2 aromatic heterocycles. The normalized spacial score (nSPS) is 16.2. The average molecular weight is 342 g/mol. The molecule has 1 saturated heterocycles. The van der Waals surface area contributed by atoms with Crippen molar-refractivity contribution in [3.63, 3.8) is 0 Å². The van der Waals surface area contributed by atoms with Crippen LogP contribution in [0.3, 0.4) is 0 Å². The van der Waals surface area contributed by atoms with Gasteiger partial charge in [0.15, 0.2) is 0 Å². The number of carbonyl (C=O) groups excluding carboxylic acids is 1. The molecular formula is C18H18N2OS2. The van der Waals surface area contributed by atoms with E-state index in [-0.39, 0.29) is 5.91 Å². The predicted molar refractivity (Wildman–Crippen MR) is 97.4 cm³/mol. The summed E-state index contributed by atoms with van der Waals surface area (Å²) >= 11 is 3.28. The Morgan fingerprint density at radius 1 is 1.26 bits per heavy atom. The topological polar surface area (TPSA) is 32.3 Å². The van der Waals surface area contributed by atoms with Gasteiger partial charge < -0.3 is 5.32 Å². The van der Waals surface area contributed by atoms with Crippen LogP contribution in [-0.4, -0.2) is 30.4 Å². The van der Waals surface area contributed by atoms with Crippen molar-refractivity contribution in [3.05, 3.63) is 57.6 Å². The number of rotatable bonds is 5. The summed E-state index contributed by atoms with van der Waals surface area (Å²) in [4.78, 5) is 15.7. The zero-order valence-corrected chi connectivity index (χ0v) is 14.3. The molecule has 1 aliphatic heterocycles. The minimum absolute atomic E-state index is 0.0342. The fraction of sp³-hybridized carbons (Fsp3) is 0.278. The number of benzene rings is 1. The van der Waals surface area contributed by atoms with Crippen LogP contribution in [0, 0.1) is 0 Å². The third kappa shape index (κ3) is 3.04. The van der Waals surface area contributed by atoms with Crippen molar-refractivity contribution in [1.29, 1.82) is 0 Å². The molecule has 1 amide bonds. The Morgan fingerprint density at radius 2 is 2.13 bits per heavy atom. The molecule has 3 aromatic rings. The number of hydrogen-bond donors (Lipinski definition) is 1. The minimum atomic E-state index is 0.0342.